The highest BCUT2D eigenvalue weighted by Gasteiger charge is 2.47. The summed E-state index contributed by atoms with van der Waals surface area (Å²) in [6.45, 7) is 0. The van der Waals surface area contributed by atoms with Crippen LogP contribution in [-0.4, -0.2) is 41.1 Å². The molecular weight excluding hydrogens is 332 g/mol. The molecule has 2 amide bonds. The molecule has 1 aliphatic heterocycles. The van der Waals surface area contributed by atoms with E-state index in [2.05, 4.69) is 5.32 Å². The molecule has 0 radical (unpaired) electrons. The second-order valence-electron chi connectivity index (χ2n) is 4.99. The number of fused-ring (bicyclic) bond motifs is 1. The maximum atomic E-state index is 12.5. The van der Waals surface area contributed by atoms with Gasteiger partial charge in [-0.15, -0.1) is 0 Å². The third-order valence-electron chi connectivity index (χ3n) is 3.67. The van der Waals surface area contributed by atoms with E-state index in [1.165, 1.54) is 0 Å². The van der Waals surface area contributed by atoms with Crippen LogP contribution in [0.5, 0.6) is 0 Å². The molecule has 2 N–H and O–H groups in total. The van der Waals surface area contributed by atoms with Crippen LogP contribution in [0.3, 0.4) is 0 Å². The van der Waals surface area contributed by atoms with E-state index in [1.54, 1.807) is 24.3 Å². The van der Waals surface area contributed by atoms with Crippen LogP contribution in [0.15, 0.2) is 35.5 Å². The monoisotopic (exact) mass is 342 g/mol. The van der Waals surface area contributed by atoms with Crippen molar-refractivity contribution >= 4 is 33.5 Å². The Labute approximate surface area is 131 Å². The molecule has 22 heavy (non-hydrogen) atoms. The average Bonchev–Trinajstić information content (AvgIpc) is 2.77. The van der Waals surface area contributed by atoms with Gasteiger partial charge in [0.05, 0.1) is 5.03 Å². The lowest BCUT2D eigenvalue weighted by Gasteiger charge is -2.35. The molecule has 1 aliphatic carbocycles. The number of benzene rings is 1. The molecule has 7 nitrogen and oxygen atoms in total. The minimum Gasteiger partial charge on any atom is -0.313 e. The summed E-state index contributed by atoms with van der Waals surface area (Å²) in [6.07, 6.45) is 1.16. The van der Waals surface area contributed by atoms with Gasteiger partial charge in [-0.2, -0.15) is 8.42 Å². The van der Waals surface area contributed by atoms with Crippen molar-refractivity contribution in [1.82, 2.24) is 10.2 Å². The summed E-state index contributed by atoms with van der Waals surface area (Å²) in [5.74, 6) is -0.384. The average molecular weight is 343 g/mol. The van der Waals surface area contributed by atoms with E-state index < -0.39 is 27.6 Å². The molecule has 0 bridgehead atoms. The first-order valence-corrected chi connectivity index (χ1v) is 8.21. The van der Waals surface area contributed by atoms with Crippen LogP contribution in [0.1, 0.15) is 15.9 Å². The maximum Gasteiger partial charge on any atom is 0.323 e. The van der Waals surface area contributed by atoms with Gasteiger partial charge in [-0.05, 0) is 5.56 Å². The van der Waals surface area contributed by atoms with E-state index in [1.807, 2.05) is 0 Å². The smallest absolute Gasteiger partial charge is 0.313 e. The lowest BCUT2D eigenvalue weighted by molar-refractivity contribution is 0.0865. The van der Waals surface area contributed by atoms with Crippen LogP contribution in [0.25, 0.3) is 0 Å². The highest BCUT2D eigenvalue weighted by Crippen LogP contribution is 2.32. The third kappa shape index (κ3) is 2.29. The number of carbonyl (C=O) groups is 2. The molecule has 0 saturated carbocycles. The van der Waals surface area contributed by atoms with Gasteiger partial charge in [0.15, 0.2) is 11.2 Å². The van der Waals surface area contributed by atoms with Crippen molar-refractivity contribution in [2.75, 3.05) is 0 Å². The van der Waals surface area contributed by atoms with Crippen LogP contribution in [0.2, 0.25) is 0 Å². The van der Waals surface area contributed by atoms with Gasteiger partial charge in [0.25, 0.3) is 10.1 Å². The van der Waals surface area contributed by atoms with Crippen LogP contribution < -0.4 is 5.32 Å². The lowest BCUT2D eigenvalue weighted by Crippen LogP contribution is -2.58. The van der Waals surface area contributed by atoms with Crippen molar-refractivity contribution in [2.24, 2.45) is 0 Å². The number of hydrogen-bond acceptors (Lipinski definition) is 4. The van der Waals surface area contributed by atoms with Gasteiger partial charge in [0, 0.05) is 18.2 Å². The minimum absolute atomic E-state index is 0.165. The number of amides is 2. The molecule has 1 aromatic carbocycles. The fourth-order valence-electron chi connectivity index (χ4n) is 2.75. The van der Waals surface area contributed by atoms with Crippen molar-refractivity contribution < 1.29 is 22.6 Å². The van der Waals surface area contributed by atoms with E-state index in [0.717, 1.165) is 11.1 Å². The summed E-state index contributed by atoms with van der Waals surface area (Å²) < 4.78 is 32.6. The molecule has 0 aromatic heterocycles. The molecule has 2 unspecified atom stereocenters. The Bertz CT molecular complexity index is 804. The number of nitrogens with zero attached hydrogens (tertiary/aromatic N) is 1. The Morgan fingerprint density at radius 3 is 2.59 bits per heavy atom. The number of urea groups is 1. The van der Waals surface area contributed by atoms with Crippen LogP contribution in [0.4, 0.5) is 4.79 Å². The molecule has 0 fully saturated rings. The Morgan fingerprint density at radius 2 is 1.95 bits per heavy atom. The van der Waals surface area contributed by atoms with Crippen molar-refractivity contribution in [2.45, 2.75) is 17.8 Å². The van der Waals surface area contributed by atoms with Crippen molar-refractivity contribution in [3.8, 4) is 0 Å². The van der Waals surface area contributed by atoms with Gasteiger partial charge in [-0.3, -0.25) is 14.2 Å². The van der Waals surface area contributed by atoms with Crippen LogP contribution >= 0.6 is 11.6 Å². The largest absolute Gasteiger partial charge is 0.323 e. The highest BCUT2D eigenvalue weighted by molar-refractivity contribution is 7.86. The number of halogens is 1. The van der Waals surface area contributed by atoms with Crippen molar-refractivity contribution in [1.29, 1.82) is 0 Å². The molecular formula is C13H11ClN2O5S. The van der Waals surface area contributed by atoms with Gasteiger partial charge in [-0.25, -0.2) is 4.79 Å². The van der Waals surface area contributed by atoms with E-state index in [-0.39, 0.29) is 17.2 Å². The van der Waals surface area contributed by atoms with E-state index in [0.29, 0.717) is 11.1 Å². The Morgan fingerprint density at radius 1 is 1.27 bits per heavy atom. The summed E-state index contributed by atoms with van der Waals surface area (Å²) in [4.78, 5) is 25.3. The number of ketones is 1. The lowest BCUT2D eigenvalue weighted by atomic mass is 10.1. The summed E-state index contributed by atoms with van der Waals surface area (Å²) in [7, 11) is -4.69. The molecule has 9 heteroatoms. The Balaban J connectivity index is 2.05. The predicted octanol–water partition coefficient (Wildman–Crippen LogP) is 1.11. The second-order valence-corrected chi connectivity index (χ2v) is 6.91. The highest BCUT2D eigenvalue weighted by atomic mass is 35.5. The first-order chi connectivity index (χ1) is 10.3. The van der Waals surface area contributed by atoms with E-state index >= 15 is 0 Å². The topological polar surface area (TPSA) is 104 Å². The molecule has 0 saturated heterocycles. The van der Waals surface area contributed by atoms with Gasteiger partial charge in [-0.1, -0.05) is 35.9 Å². The minimum atomic E-state index is -4.69. The fourth-order valence-corrected chi connectivity index (χ4v) is 4.13. The number of hydrogen-bond donors (Lipinski definition) is 2. The third-order valence-corrected chi connectivity index (χ3v) is 5.16. The quantitative estimate of drug-likeness (QED) is 0.784. The number of nitrogens with one attached hydrogen (secondary N) is 1. The predicted molar refractivity (Wildman–Crippen MR) is 77.9 cm³/mol. The van der Waals surface area contributed by atoms with Gasteiger partial charge in [0.2, 0.25) is 0 Å². The molecule has 3 rings (SSSR count). The first-order valence-electron chi connectivity index (χ1n) is 6.33. The molecule has 1 heterocycles. The molecule has 1 aromatic rings. The fraction of sp³-hybridized carbons (Fsp3) is 0.231. The summed E-state index contributed by atoms with van der Waals surface area (Å²) in [5, 5.41) is 0.201. The first kappa shape index (κ1) is 15.0. The van der Waals surface area contributed by atoms with Crippen LogP contribution in [0, 0.1) is 0 Å². The van der Waals surface area contributed by atoms with E-state index in [4.69, 9.17) is 11.6 Å². The van der Waals surface area contributed by atoms with E-state index in [9.17, 15) is 22.6 Å². The number of carbonyl (C=O) groups excluding carboxylic acids is 2. The normalized spacial score (nSPS) is 24.8. The number of rotatable bonds is 2. The zero-order valence-corrected chi connectivity index (χ0v) is 12.6. The zero-order chi connectivity index (χ0) is 16.1. The summed E-state index contributed by atoms with van der Waals surface area (Å²) in [6, 6.07) is 4.93. The Hall–Kier alpha value is -1.90. The van der Waals surface area contributed by atoms with Gasteiger partial charge >= 0.3 is 6.03 Å². The Kier molecular flexibility index (Phi) is 3.47. The maximum absolute atomic E-state index is 12.5. The zero-order valence-electron chi connectivity index (χ0n) is 11.1. The number of Topliss-reactive ketones (excluding diaryl/α,β-unsaturated/α-hetero) is 1. The van der Waals surface area contributed by atoms with Crippen LogP contribution in [-0.2, 0) is 16.5 Å². The van der Waals surface area contributed by atoms with Crippen molar-refractivity contribution in [3.05, 3.63) is 46.6 Å². The summed E-state index contributed by atoms with van der Waals surface area (Å²) >= 11 is 5.82. The van der Waals surface area contributed by atoms with Gasteiger partial charge < -0.3 is 5.32 Å². The molecule has 2 atom stereocenters. The molecule has 2 aliphatic rings. The summed E-state index contributed by atoms with van der Waals surface area (Å²) in [5.41, 5.74) is 1.14. The molecule has 0 spiro atoms. The standard InChI is InChI=1S/C13H11ClN2O5S/c14-9-6-15-13(18)16(12(9)22(19,20)21)10-5-7-3-1-2-4-8(7)11(10)17/h1-4,6,10,12H,5H2,(H,15,18)(H,19,20,21). The SMILES string of the molecule is O=C1c2ccccc2CC1N1C(=O)NC=C(Cl)C1S(=O)(=O)O. The second kappa shape index (κ2) is 5.08. The van der Waals surface area contributed by atoms with Crippen molar-refractivity contribution in [3.63, 3.8) is 0 Å². The molecule has 116 valence electrons. The van der Waals surface area contributed by atoms with Gasteiger partial charge in [0.1, 0.15) is 6.04 Å².